The number of rotatable bonds is 4. The standard InChI is InChI=1S/C13H13N5O3.C2HF3O2/c1-9-2-3-17-6-10(15-11(17)4-9)5-14-12(19)7-18-8-13(20)21-16-18;3-2(4,5)1(6)7/h2-4,6,8H,5,7H2,1H3,(H-,14,16,19,20);(H,6,7). The molecule has 0 aliphatic heterocycles. The summed E-state index contributed by atoms with van der Waals surface area (Å²) in [6.45, 7) is 2.23. The molecule has 3 rings (SSSR count). The van der Waals surface area contributed by atoms with Gasteiger partial charge in [-0.15, -0.1) is 0 Å². The van der Waals surface area contributed by atoms with Crippen LogP contribution in [0.1, 0.15) is 11.3 Å². The Balaban J connectivity index is 0.000000345. The zero-order chi connectivity index (χ0) is 20.9. The first kappa shape index (κ1) is 20.7. The second-order valence-corrected chi connectivity index (χ2v) is 5.50. The van der Waals surface area contributed by atoms with Crippen molar-refractivity contribution in [2.45, 2.75) is 26.2 Å². The van der Waals surface area contributed by atoms with Gasteiger partial charge in [0, 0.05) is 12.4 Å². The van der Waals surface area contributed by atoms with Crippen LogP contribution in [0.2, 0.25) is 0 Å². The lowest BCUT2D eigenvalue weighted by atomic mass is 10.3. The lowest BCUT2D eigenvalue weighted by molar-refractivity contribution is -0.751. The van der Waals surface area contributed by atoms with Gasteiger partial charge in [0.15, 0.2) is 0 Å². The fraction of sp³-hybridized carbons (Fsp3) is 0.267. The molecule has 0 atom stereocenters. The number of imidazole rings is 1. The molecule has 3 aromatic heterocycles. The summed E-state index contributed by atoms with van der Waals surface area (Å²) in [5.74, 6) is -3.62. The number of nitrogens with one attached hydrogen (secondary N) is 1. The third-order valence-corrected chi connectivity index (χ3v) is 3.17. The van der Waals surface area contributed by atoms with Crippen molar-refractivity contribution >= 4 is 17.5 Å². The zero-order valence-electron chi connectivity index (χ0n) is 14.3. The van der Waals surface area contributed by atoms with Crippen LogP contribution in [0, 0.1) is 6.92 Å². The highest BCUT2D eigenvalue weighted by atomic mass is 19.4. The van der Waals surface area contributed by atoms with Gasteiger partial charge in [-0.2, -0.15) is 13.2 Å². The molecule has 10 nitrogen and oxygen atoms in total. The Morgan fingerprint density at radius 3 is 2.68 bits per heavy atom. The normalized spacial score (nSPS) is 11.0. The van der Waals surface area contributed by atoms with Crippen molar-refractivity contribution < 1.29 is 42.2 Å². The number of amides is 1. The number of hydrogen-bond acceptors (Lipinski definition) is 6. The van der Waals surface area contributed by atoms with Gasteiger partial charge in [0.05, 0.1) is 17.5 Å². The highest BCUT2D eigenvalue weighted by molar-refractivity contribution is 5.74. The number of alkyl halides is 3. The van der Waals surface area contributed by atoms with Gasteiger partial charge in [0.1, 0.15) is 11.6 Å². The number of carbonyl (C=O) groups is 2. The van der Waals surface area contributed by atoms with Gasteiger partial charge in [-0.25, -0.2) is 9.78 Å². The minimum absolute atomic E-state index is 0.0712. The Kier molecular flexibility index (Phi) is 6.18. The number of halogens is 3. The predicted octanol–water partition coefficient (Wildman–Crippen LogP) is -0.0585. The van der Waals surface area contributed by atoms with Crippen molar-refractivity contribution in [3.05, 3.63) is 42.0 Å². The van der Waals surface area contributed by atoms with E-state index >= 15 is 0 Å². The van der Waals surface area contributed by atoms with E-state index in [1.807, 2.05) is 35.9 Å². The van der Waals surface area contributed by atoms with Crippen molar-refractivity contribution in [1.29, 1.82) is 0 Å². The van der Waals surface area contributed by atoms with Crippen LogP contribution in [0.25, 0.3) is 5.65 Å². The molecule has 150 valence electrons. The van der Waals surface area contributed by atoms with Gasteiger partial charge in [0.25, 0.3) is 12.5 Å². The van der Waals surface area contributed by atoms with Crippen molar-refractivity contribution in [1.82, 2.24) is 20.0 Å². The van der Waals surface area contributed by atoms with Gasteiger partial charge in [-0.05, 0) is 24.6 Å². The fourth-order valence-electron chi connectivity index (χ4n) is 1.95. The third kappa shape index (κ3) is 5.96. The van der Waals surface area contributed by atoms with E-state index in [1.165, 1.54) is 0 Å². The molecule has 0 fully saturated rings. The number of carboxylic acid groups (broad SMARTS) is 1. The van der Waals surface area contributed by atoms with Crippen molar-refractivity contribution in [3.63, 3.8) is 0 Å². The summed E-state index contributed by atoms with van der Waals surface area (Å²) >= 11 is 0. The maximum absolute atomic E-state index is 11.7. The first-order chi connectivity index (χ1) is 13.0. The molecule has 0 saturated heterocycles. The van der Waals surface area contributed by atoms with Crippen LogP contribution < -0.4 is 15.1 Å². The number of nitrogens with zero attached hydrogens (tertiary/aromatic N) is 4. The predicted molar refractivity (Wildman–Crippen MR) is 81.6 cm³/mol. The Hall–Kier alpha value is -3.64. The van der Waals surface area contributed by atoms with Crippen LogP contribution in [0.5, 0.6) is 5.95 Å². The fourth-order valence-corrected chi connectivity index (χ4v) is 1.95. The van der Waals surface area contributed by atoms with Crippen LogP contribution in [0.4, 0.5) is 13.2 Å². The second-order valence-electron chi connectivity index (χ2n) is 5.50. The number of aryl methyl sites for hydroxylation is 1. The van der Waals surface area contributed by atoms with Crippen molar-refractivity contribution in [2.75, 3.05) is 0 Å². The number of pyridine rings is 1. The molecule has 0 aliphatic rings. The first-order valence-electron chi connectivity index (χ1n) is 7.59. The Bertz CT molecular complexity index is 982. The molecule has 13 heteroatoms. The lowest BCUT2D eigenvalue weighted by Gasteiger charge is -1.97. The number of carbonyl (C=O) groups excluding carboxylic acids is 1. The Labute approximate surface area is 154 Å². The van der Waals surface area contributed by atoms with E-state index in [4.69, 9.17) is 9.90 Å². The summed E-state index contributed by atoms with van der Waals surface area (Å²) < 4.78 is 39.1. The Morgan fingerprint density at radius 2 is 2.11 bits per heavy atom. The molecule has 28 heavy (non-hydrogen) atoms. The molecule has 3 aromatic rings. The number of aliphatic carboxylic acids is 1. The topological polar surface area (TPSA) is 137 Å². The Morgan fingerprint density at radius 1 is 1.43 bits per heavy atom. The van der Waals surface area contributed by atoms with Crippen LogP contribution in [0.3, 0.4) is 0 Å². The van der Waals surface area contributed by atoms with E-state index in [9.17, 15) is 23.1 Å². The van der Waals surface area contributed by atoms with Crippen molar-refractivity contribution in [2.24, 2.45) is 0 Å². The third-order valence-electron chi connectivity index (χ3n) is 3.17. The van der Waals surface area contributed by atoms with Crippen LogP contribution >= 0.6 is 0 Å². The summed E-state index contributed by atoms with van der Waals surface area (Å²) in [4.78, 5) is 25.0. The number of aromatic nitrogens is 4. The minimum Gasteiger partial charge on any atom is -0.539 e. The summed E-state index contributed by atoms with van der Waals surface area (Å²) in [6, 6.07) is 3.95. The molecule has 0 bridgehead atoms. The monoisotopic (exact) mass is 401 g/mol. The molecule has 0 unspecified atom stereocenters. The van der Waals surface area contributed by atoms with Crippen LogP contribution in [0.15, 0.2) is 35.2 Å². The van der Waals surface area contributed by atoms with Crippen molar-refractivity contribution in [3.8, 4) is 5.95 Å². The summed E-state index contributed by atoms with van der Waals surface area (Å²) in [5.41, 5.74) is 2.71. The summed E-state index contributed by atoms with van der Waals surface area (Å²) in [7, 11) is 0. The van der Waals surface area contributed by atoms with E-state index in [2.05, 4.69) is 20.1 Å². The molecule has 2 N–H and O–H groups in total. The second kappa shape index (κ2) is 8.37. The maximum atomic E-state index is 11.7. The molecule has 0 spiro atoms. The molecular formula is C15H14F3N5O5. The highest BCUT2D eigenvalue weighted by Crippen LogP contribution is 2.13. The van der Waals surface area contributed by atoms with E-state index in [1.54, 1.807) is 0 Å². The van der Waals surface area contributed by atoms with E-state index in [0.29, 0.717) is 6.54 Å². The van der Waals surface area contributed by atoms with E-state index < -0.39 is 18.1 Å². The van der Waals surface area contributed by atoms with E-state index in [-0.39, 0.29) is 12.5 Å². The smallest absolute Gasteiger partial charge is 0.490 e. The molecule has 0 aromatic carbocycles. The summed E-state index contributed by atoms with van der Waals surface area (Å²) in [6.07, 6.45) is -0.189. The van der Waals surface area contributed by atoms with Crippen LogP contribution in [-0.4, -0.2) is 37.8 Å². The SMILES string of the molecule is Cc1ccn2cc(CNC(=O)C[n+]3cc([O-])on3)nc2c1.O=C(O)C(F)(F)F. The molecule has 0 saturated carbocycles. The molecule has 1 amide bonds. The number of fused-ring (bicyclic) bond motifs is 1. The average molecular weight is 401 g/mol. The zero-order valence-corrected chi connectivity index (χ0v) is 14.3. The number of hydrogen-bond donors (Lipinski definition) is 2. The average Bonchev–Trinajstić information content (AvgIpc) is 3.17. The first-order valence-corrected chi connectivity index (χ1v) is 7.59. The summed E-state index contributed by atoms with van der Waals surface area (Å²) in [5, 5.41) is 24.0. The quantitative estimate of drug-likeness (QED) is 0.585. The van der Waals surface area contributed by atoms with Gasteiger partial charge >= 0.3 is 12.1 Å². The lowest BCUT2D eigenvalue weighted by Crippen LogP contribution is -2.43. The van der Waals surface area contributed by atoms with Crippen LogP contribution in [-0.2, 0) is 22.7 Å². The minimum atomic E-state index is -5.08. The van der Waals surface area contributed by atoms with Gasteiger partial charge in [-0.1, -0.05) is 4.68 Å². The maximum Gasteiger partial charge on any atom is 0.490 e. The number of carboxylic acids is 1. The highest BCUT2D eigenvalue weighted by Gasteiger charge is 2.38. The van der Waals surface area contributed by atoms with E-state index in [0.717, 1.165) is 27.8 Å². The molecule has 3 heterocycles. The largest absolute Gasteiger partial charge is 0.539 e. The van der Waals surface area contributed by atoms with Gasteiger partial charge in [0.2, 0.25) is 6.20 Å². The molecular weight excluding hydrogens is 387 g/mol. The van der Waals surface area contributed by atoms with Gasteiger partial charge < -0.3 is 24.5 Å². The van der Waals surface area contributed by atoms with Gasteiger partial charge in [-0.3, -0.25) is 4.79 Å². The molecule has 0 aliphatic carbocycles. The molecule has 0 radical (unpaired) electrons.